The summed E-state index contributed by atoms with van der Waals surface area (Å²) in [5.74, 6) is 0.541. The van der Waals surface area contributed by atoms with Gasteiger partial charge in [0.1, 0.15) is 11.8 Å². The Bertz CT molecular complexity index is 906. The second-order valence-corrected chi connectivity index (χ2v) is 8.35. The topological polar surface area (TPSA) is 58.6 Å². The summed E-state index contributed by atoms with van der Waals surface area (Å²) in [5, 5.41) is 3.10. The summed E-state index contributed by atoms with van der Waals surface area (Å²) in [5.41, 5.74) is 3.42. The molecular formula is C27H34N2O3. The largest absolute Gasteiger partial charge is 0.497 e. The molecule has 3 rings (SSSR count). The molecule has 2 amide bonds. The van der Waals surface area contributed by atoms with E-state index in [9.17, 15) is 9.59 Å². The highest BCUT2D eigenvalue weighted by molar-refractivity contribution is 5.87. The number of benzene rings is 2. The lowest BCUT2D eigenvalue weighted by atomic mass is 9.97. The van der Waals surface area contributed by atoms with Gasteiger partial charge in [-0.1, -0.05) is 54.1 Å². The van der Waals surface area contributed by atoms with Gasteiger partial charge >= 0.3 is 0 Å². The normalized spacial score (nSPS) is 14.2. The maximum absolute atomic E-state index is 13.3. The highest BCUT2D eigenvalue weighted by Gasteiger charge is 2.28. The van der Waals surface area contributed by atoms with Crippen LogP contribution in [0.15, 0.2) is 66.2 Å². The van der Waals surface area contributed by atoms with Crippen molar-refractivity contribution < 1.29 is 14.3 Å². The van der Waals surface area contributed by atoms with E-state index in [0.29, 0.717) is 19.5 Å². The lowest BCUT2D eigenvalue weighted by Gasteiger charge is -2.30. The van der Waals surface area contributed by atoms with E-state index in [1.807, 2.05) is 54.6 Å². The molecule has 32 heavy (non-hydrogen) atoms. The molecule has 5 heteroatoms. The summed E-state index contributed by atoms with van der Waals surface area (Å²) < 4.78 is 5.23. The van der Waals surface area contributed by atoms with Crippen molar-refractivity contribution in [3.8, 4) is 5.75 Å². The van der Waals surface area contributed by atoms with Gasteiger partial charge in [0, 0.05) is 26.4 Å². The van der Waals surface area contributed by atoms with Gasteiger partial charge in [0.2, 0.25) is 11.8 Å². The first-order valence-electron chi connectivity index (χ1n) is 11.5. The molecule has 0 heterocycles. The summed E-state index contributed by atoms with van der Waals surface area (Å²) in [4.78, 5) is 27.6. The van der Waals surface area contributed by atoms with Crippen molar-refractivity contribution in [2.24, 2.45) is 0 Å². The van der Waals surface area contributed by atoms with E-state index in [-0.39, 0.29) is 11.8 Å². The Hall–Kier alpha value is -3.08. The van der Waals surface area contributed by atoms with Crippen LogP contribution in [0.2, 0.25) is 0 Å². The van der Waals surface area contributed by atoms with Gasteiger partial charge in [-0.25, -0.2) is 0 Å². The highest BCUT2D eigenvalue weighted by Crippen LogP contribution is 2.20. The molecule has 1 unspecified atom stereocenters. The minimum absolute atomic E-state index is 0.103. The monoisotopic (exact) mass is 434 g/mol. The van der Waals surface area contributed by atoms with Crippen molar-refractivity contribution >= 4 is 11.8 Å². The molecule has 170 valence electrons. The van der Waals surface area contributed by atoms with Crippen LogP contribution in [0.1, 0.15) is 50.2 Å². The molecule has 1 N–H and O–H groups in total. The lowest BCUT2D eigenvalue weighted by Crippen LogP contribution is -2.50. The van der Waals surface area contributed by atoms with Crippen LogP contribution in [0.4, 0.5) is 0 Å². The number of methoxy groups -OCH3 is 1. The lowest BCUT2D eigenvalue weighted by molar-refractivity contribution is -0.139. The van der Waals surface area contributed by atoms with Crippen LogP contribution < -0.4 is 10.1 Å². The highest BCUT2D eigenvalue weighted by atomic mass is 16.5. The van der Waals surface area contributed by atoms with Crippen molar-refractivity contribution in [1.29, 1.82) is 0 Å². The molecular weight excluding hydrogens is 400 g/mol. The maximum Gasteiger partial charge on any atom is 0.243 e. The molecule has 0 fully saturated rings. The molecule has 0 aliphatic heterocycles. The SMILES string of the molecule is COc1ccc(CN(C(C)=O)C(Cc2ccccc2)C(=O)NCCC2=CCCCC2)cc1. The maximum atomic E-state index is 13.3. The molecule has 0 aromatic heterocycles. The van der Waals surface area contributed by atoms with Gasteiger partial charge < -0.3 is 15.0 Å². The fraction of sp³-hybridized carbons (Fsp3) is 0.407. The zero-order valence-corrected chi connectivity index (χ0v) is 19.2. The molecule has 1 aliphatic carbocycles. The number of nitrogens with zero attached hydrogens (tertiary/aromatic N) is 1. The van der Waals surface area contributed by atoms with Crippen LogP contribution in [0.3, 0.4) is 0 Å². The average molecular weight is 435 g/mol. The Kier molecular flexibility index (Phi) is 8.90. The van der Waals surface area contributed by atoms with E-state index in [0.717, 1.165) is 36.1 Å². The van der Waals surface area contributed by atoms with Crippen LogP contribution in [0.25, 0.3) is 0 Å². The van der Waals surface area contributed by atoms with Crippen molar-refractivity contribution in [2.45, 2.75) is 58.0 Å². The minimum Gasteiger partial charge on any atom is -0.497 e. The molecule has 0 spiro atoms. The van der Waals surface area contributed by atoms with Crippen LogP contribution in [-0.2, 0) is 22.6 Å². The van der Waals surface area contributed by atoms with E-state index < -0.39 is 6.04 Å². The number of amides is 2. The van der Waals surface area contributed by atoms with Crippen LogP contribution in [-0.4, -0.2) is 36.4 Å². The average Bonchev–Trinajstić information content (AvgIpc) is 2.83. The Morgan fingerprint density at radius 2 is 1.78 bits per heavy atom. The van der Waals surface area contributed by atoms with E-state index >= 15 is 0 Å². The van der Waals surface area contributed by atoms with E-state index in [1.165, 1.54) is 25.3 Å². The number of carbonyl (C=O) groups is 2. The summed E-state index contributed by atoms with van der Waals surface area (Å²) in [6.45, 7) is 2.50. The summed E-state index contributed by atoms with van der Waals surface area (Å²) >= 11 is 0. The Morgan fingerprint density at radius 3 is 2.41 bits per heavy atom. The third kappa shape index (κ3) is 6.98. The number of carbonyl (C=O) groups excluding carboxylic acids is 2. The van der Waals surface area contributed by atoms with E-state index in [1.54, 1.807) is 12.0 Å². The minimum atomic E-state index is -0.572. The standard InChI is InChI=1S/C27H34N2O3/c1-21(30)29(20-24-13-15-25(32-2)16-14-24)26(19-23-11-7-4-8-12-23)27(31)28-18-17-22-9-5-3-6-10-22/h4,7-9,11-16,26H,3,5-6,10,17-20H2,1-2H3,(H,28,31). The first-order chi connectivity index (χ1) is 15.6. The molecule has 2 aromatic carbocycles. The number of ether oxygens (including phenoxy) is 1. The number of allylic oxidation sites excluding steroid dienone is 1. The van der Waals surface area contributed by atoms with Crippen LogP contribution in [0, 0.1) is 0 Å². The molecule has 0 saturated heterocycles. The third-order valence-electron chi connectivity index (χ3n) is 6.00. The first kappa shape index (κ1) is 23.6. The molecule has 1 aliphatic rings. The second-order valence-electron chi connectivity index (χ2n) is 8.35. The Labute approximate surface area is 191 Å². The Balaban J connectivity index is 1.74. The van der Waals surface area contributed by atoms with Gasteiger partial charge in [0.25, 0.3) is 0 Å². The predicted octanol–water partition coefficient (Wildman–Crippen LogP) is 4.66. The van der Waals surface area contributed by atoms with Crippen LogP contribution >= 0.6 is 0 Å². The number of rotatable bonds is 10. The van der Waals surface area contributed by atoms with Gasteiger partial charge in [-0.15, -0.1) is 0 Å². The predicted molar refractivity (Wildman–Crippen MR) is 127 cm³/mol. The first-order valence-corrected chi connectivity index (χ1v) is 11.5. The van der Waals surface area contributed by atoms with Crippen molar-refractivity contribution in [1.82, 2.24) is 10.2 Å². The van der Waals surface area contributed by atoms with Gasteiger partial charge in [-0.05, 0) is 55.4 Å². The van der Waals surface area contributed by atoms with Crippen LogP contribution in [0.5, 0.6) is 5.75 Å². The number of hydrogen-bond acceptors (Lipinski definition) is 3. The second kappa shape index (κ2) is 12.1. The quantitative estimate of drug-likeness (QED) is 0.553. The molecule has 0 bridgehead atoms. The number of hydrogen-bond donors (Lipinski definition) is 1. The van der Waals surface area contributed by atoms with E-state index in [4.69, 9.17) is 4.74 Å². The zero-order valence-electron chi connectivity index (χ0n) is 19.2. The Morgan fingerprint density at radius 1 is 1.03 bits per heavy atom. The zero-order chi connectivity index (χ0) is 22.8. The molecule has 2 aromatic rings. The fourth-order valence-electron chi connectivity index (χ4n) is 4.15. The van der Waals surface area contributed by atoms with Gasteiger partial charge in [0.15, 0.2) is 0 Å². The molecule has 0 radical (unpaired) electrons. The molecule has 5 nitrogen and oxygen atoms in total. The van der Waals surface area contributed by atoms with Gasteiger partial charge in [0.05, 0.1) is 7.11 Å². The molecule has 0 saturated carbocycles. The fourth-order valence-corrected chi connectivity index (χ4v) is 4.15. The third-order valence-corrected chi connectivity index (χ3v) is 6.00. The van der Waals surface area contributed by atoms with Crippen molar-refractivity contribution in [3.05, 3.63) is 77.4 Å². The van der Waals surface area contributed by atoms with Gasteiger partial charge in [-0.3, -0.25) is 9.59 Å². The van der Waals surface area contributed by atoms with Crippen molar-refractivity contribution in [3.63, 3.8) is 0 Å². The van der Waals surface area contributed by atoms with Crippen molar-refractivity contribution in [2.75, 3.05) is 13.7 Å². The summed E-state index contributed by atoms with van der Waals surface area (Å²) in [6.07, 6.45) is 8.42. The van der Waals surface area contributed by atoms with E-state index in [2.05, 4.69) is 11.4 Å². The van der Waals surface area contributed by atoms with Gasteiger partial charge in [-0.2, -0.15) is 0 Å². The summed E-state index contributed by atoms with van der Waals surface area (Å²) in [7, 11) is 1.63. The smallest absolute Gasteiger partial charge is 0.243 e. The number of nitrogens with one attached hydrogen (secondary N) is 1. The summed E-state index contributed by atoms with van der Waals surface area (Å²) in [6, 6.07) is 16.9. The molecule has 1 atom stereocenters.